The molecule has 1 aliphatic rings. The van der Waals surface area contributed by atoms with Crippen molar-refractivity contribution in [3.8, 4) is 5.75 Å². The molecule has 3 aromatic carbocycles. The van der Waals surface area contributed by atoms with Crippen LogP contribution in [0.5, 0.6) is 5.75 Å². The Morgan fingerprint density at radius 2 is 1.63 bits per heavy atom. The average Bonchev–Trinajstić information content (AvgIpc) is 2.66. The van der Waals surface area contributed by atoms with Crippen LogP contribution >= 0.6 is 0 Å². The summed E-state index contributed by atoms with van der Waals surface area (Å²) in [6.07, 6.45) is 0. The Bertz CT molecular complexity index is 1070. The van der Waals surface area contributed by atoms with Gasteiger partial charge in [-0.15, -0.1) is 0 Å². The third-order valence-corrected chi connectivity index (χ3v) is 4.59. The van der Waals surface area contributed by atoms with Gasteiger partial charge >= 0.3 is 5.97 Å². The number of carbonyl (C=O) groups excluding carboxylic acids is 1. The fourth-order valence-electron chi connectivity index (χ4n) is 3.34. The Morgan fingerprint density at radius 3 is 2.44 bits per heavy atom. The molecule has 3 nitrogen and oxygen atoms in total. The molecule has 1 unspecified atom stereocenters. The number of aryl methyl sites for hydroxylation is 1. The number of benzene rings is 3. The summed E-state index contributed by atoms with van der Waals surface area (Å²) in [5.41, 5.74) is 3.48. The number of nitrogens with one attached hydrogen (secondary N) is 1. The summed E-state index contributed by atoms with van der Waals surface area (Å²) in [7, 11) is 0. The molecule has 0 bridgehead atoms. The highest BCUT2D eigenvalue weighted by atomic mass is 19.2. The standard InChI is InChI=1S/C21H14F3NO2/c1-11-5-4-8-16-17(11)18(12-6-2-3-7-15(12)25-16)21(26)27-20-14(23)10-9-13(22)19(20)24/h2-10,18,25H,1H3. The Morgan fingerprint density at radius 1 is 0.926 bits per heavy atom. The predicted molar refractivity (Wildman–Crippen MR) is 94.7 cm³/mol. The van der Waals surface area contributed by atoms with Gasteiger partial charge in [-0.1, -0.05) is 30.3 Å². The van der Waals surface area contributed by atoms with Crippen molar-refractivity contribution in [2.45, 2.75) is 12.8 Å². The van der Waals surface area contributed by atoms with E-state index in [4.69, 9.17) is 4.74 Å². The lowest BCUT2D eigenvalue weighted by molar-refractivity contribution is -0.135. The molecule has 136 valence electrons. The van der Waals surface area contributed by atoms with Crippen LogP contribution in [0.3, 0.4) is 0 Å². The number of carbonyl (C=O) groups is 1. The molecule has 1 atom stereocenters. The van der Waals surface area contributed by atoms with E-state index in [1.54, 1.807) is 24.3 Å². The molecule has 0 aromatic heterocycles. The second-order valence-corrected chi connectivity index (χ2v) is 6.27. The zero-order valence-electron chi connectivity index (χ0n) is 14.2. The summed E-state index contributed by atoms with van der Waals surface area (Å²) in [6.45, 7) is 1.83. The van der Waals surface area contributed by atoms with Gasteiger partial charge in [0.2, 0.25) is 11.6 Å². The van der Waals surface area contributed by atoms with Gasteiger partial charge in [0, 0.05) is 11.4 Å². The first-order valence-electron chi connectivity index (χ1n) is 8.28. The van der Waals surface area contributed by atoms with Crippen molar-refractivity contribution >= 4 is 17.3 Å². The van der Waals surface area contributed by atoms with Crippen LogP contribution in [0.15, 0.2) is 54.6 Å². The number of ether oxygens (including phenoxy) is 1. The SMILES string of the molecule is Cc1cccc2c1C(C(=O)Oc1c(F)ccc(F)c1F)c1ccccc1N2. The molecule has 0 amide bonds. The van der Waals surface area contributed by atoms with Gasteiger partial charge in [0.05, 0.1) is 0 Å². The van der Waals surface area contributed by atoms with Crippen molar-refractivity contribution in [1.29, 1.82) is 0 Å². The molecule has 1 N–H and O–H groups in total. The minimum atomic E-state index is -1.53. The van der Waals surface area contributed by atoms with Crippen molar-refractivity contribution in [3.05, 3.63) is 88.7 Å². The number of hydrogen-bond donors (Lipinski definition) is 1. The number of hydrogen-bond acceptors (Lipinski definition) is 3. The third kappa shape index (κ3) is 2.83. The molecule has 6 heteroatoms. The smallest absolute Gasteiger partial charge is 0.323 e. The zero-order chi connectivity index (χ0) is 19.1. The quantitative estimate of drug-likeness (QED) is 0.383. The van der Waals surface area contributed by atoms with Gasteiger partial charge in [-0.2, -0.15) is 4.39 Å². The highest BCUT2D eigenvalue weighted by Crippen LogP contribution is 2.43. The first-order valence-corrected chi connectivity index (χ1v) is 8.28. The van der Waals surface area contributed by atoms with Gasteiger partial charge in [0.15, 0.2) is 11.6 Å². The Labute approximate surface area is 153 Å². The largest absolute Gasteiger partial charge is 0.419 e. The fourth-order valence-corrected chi connectivity index (χ4v) is 3.34. The third-order valence-electron chi connectivity index (χ3n) is 4.59. The van der Waals surface area contributed by atoms with E-state index in [1.165, 1.54) is 0 Å². The lowest BCUT2D eigenvalue weighted by atomic mass is 9.83. The molecule has 27 heavy (non-hydrogen) atoms. The lowest BCUT2D eigenvalue weighted by Gasteiger charge is -2.29. The molecule has 0 aliphatic carbocycles. The Hall–Kier alpha value is -3.28. The number of rotatable bonds is 2. The number of halogens is 3. The molecule has 4 rings (SSSR count). The van der Waals surface area contributed by atoms with Gasteiger partial charge in [0.25, 0.3) is 0 Å². The van der Waals surface area contributed by atoms with Crippen LogP contribution in [0.25, 0.3) is 0 Å². The minimum absolute atomic E-state index is 0.613. The van der Waals surface area contributed by atoms with Crippen LogP contribution in [0, 0.1) is 24.4 Å². The predicted octanol–water partition coefficient (Wildman–Crippen LogP) is 5.21. The zero-order valence-corrected chi connectivity index (χ0v) is 14.2. The minimum Gasteiger partial charge on any atom is -0.419 e. The monoisotopic (exact) mass is 369 g/mol. The van der Waals surface area contributed by atoms with Crippen molar-refractivity contribution in [3.63, 3.8) is 0 Å². The van der Waals surface area contributed by atoms with Crippen LogP contribution in [0.2, 0.25) is 0 Å². The van der Waals surface area contributed by atoms with E-state index in [0.29, 0.717) is 28.6 Å². The highest BCUT2D eigenvalue weighted by molar-refractivity contribution is 5.92. The molecule has 0 saturated heterocycles. The van der Waals surface area contributed by atoms with Crippen LogP contribution in [-0.2, 0) is 4.79 Å². The van der Waals surface area contributed by atoms with E-state index in [2.05, 4.69) is 5.32 Å². The summed E-state index contributed by atoms with van der Waals surface area (Å²) in [5.74, 6) is -6.79. The first kappa shape index (κ1) is 17.1. The second-order valence-electron chi connectivity index (χ2n) is 6.27. The van der Waals surface area contributed by atoms with Gasteiger partial charge in [-0.05, 0) is 47.9 Å². The molecule has 3 aromatic rings. The van der Waals surface area contributed by atoms with Crippen LogP contribution < -0.4 is 10.1 Å². The maximum absolute atomic E-state index is 14.0. The normalized spacial score (nSPS) is 14.7. The molecule has 1 aliphatic heterocycles. The molecule has 0 radical (unpaired) electrons. The lowest BCUT2D eigenvalue weighted by Crippen LogP contribution is -2.26. The van der Waals surface area contributed by atoms with Crippen molar-refractivity contribution < 1.29 is 22.7 Å². The number of anilines is 2. The molecular formula is C21H14F3NO2. The topological polar surface area (TPSA) is 38.3 Å². The van der Waals surface area contributed by atoms with Gasteiger partial charge < -0.3 is 10.1 Å². The maximum atomic E-state index is 14.0. The van der Waals surface area contributed by atoms with Crippen molar-refractivity contribution in [2.24, 2.45) is 0 Å². The number of esters is 1. The van der Waals surface area contributed by atoms with Crippen molar-refractivity contribution in [2.75, 3.05) is 5.32 Å². The molecule has 0 saturated carbocycles. The van der Waals surface area contributed by atoms with Gasteiger partial charge in [-0.3, -0.25) is 4.79 Å². The summed E-state index contributed by atoms with van der Waals surface area (Å²) in [4.78, 5) is 13.0. The van der Waals surface area contributed by atoms with E-state index >= 15 is 0 Å². The van der Waals surface area contributed by atoms with Crippen LogP contribution in [-0.4, -0.2) is 5.97 Å². The fraction of sp³-hybridized carbons (Fsp3) is 0.0952. The summed E-state index contributed by atoms with van der Waals surface area (Å²) >= 11 is 0. The van der Waals surface area contributed by atoms with Gasteiger partial charge in [-0.25, -0.2) is 8.78 Å². The van der Waals surface area contributed by atoms with E-state index < -0.39 is 35.1 Å². The van der Waals surface area contributed by atoms with Gasteiger partial charge in [0.1, 0.15) is 5.92 Å². The Balaban J connectivity index is 1.82. The first-order chi connectivity index (χ1) is 13.0. The maximum Gasteiger partial charge on any atom is 0.323 e. The summed E-state index contributed by atoms with van der Waals surface area (Å²) in [5, 5.41) is 3.25. The summed E-state index contributed by atoms with van der Waals surface area (Å²) in [6, 6.07) is 13.9. The average molecular weight is 369 g/mol. The Kier molecular flexibility index (Phi) is 4.11. The molecule has 0 fully saturated rings. The van der Waals surface area contributed by atoms with E-state index in [-0.39, 0.29) is 0 Å². The summed E-state index contributed by atoms with van der Waals surface area (Å²) < 4.78 is 46.3. The van der Waals surface area contributed by atoms with E-state index in [9.17, 15) is 18.0 Å². The molecule has 0 spiro atoms. The van der Waals surface area contributed by atoms with Crippen LogP contribution in [0.4, 0.5) is 24.5 Å². The van der Waals surface area contributed by atoms with Crippen LogP contribution in [0.1, 0.15) is 22.6 Å². The molecular weight excluding hydrogens is 355 g/mol. The number of para-hydroxylation sites is 1. The number of fused-ring (bicyclic) bond motifs is 2. The van der Waals surface area contributed by atoms with E-state index in [0.717, 1.165) is 11.6 Å². The highest BCUT2D eigenvalue weighted by Gasteiger charge is 2.35. The molecule has 1 heterocycles. The second kappa shape index (κ2) is 6.46. The van der Waals surface area contributed by atoms with Crippen molar-refractivity contribution in [1.82, 2.24) is 0 Å². The van der Waals surface area contributed by atoms with E-state index in [1.807, 2.05) is 25.1 Å².